The quantitative estimate of drug-likeness (QED) is 0.924. The number of likely N-dealkylation sites (tertiary alicyclic amines) is 1. The van der Waals surface area contributed by atoms with Gasteiger partial charge in [0.15, 0.2) is 0 Å². The average Bonchev–Trinajstić information content (AvgIpc) is 3.28. The summed E-state index contributed by atoms with van der Waals surface area (Å²) in [7, 11) is 0. The Bertz CT molecular complexity index is 661. The molecular weight excluding hydrogens is 306 g/mol. The fourth-order valence-corrected chi connectivity index (χ4v) is 4.77. The first kappa shape index (κ1) is 15.6. The van der Waals surface area contributed by atoms with Crippen LogP contribution in [0.3, 0.4) is 0 Å². The van der Waals surface area contributed by atoms with Crippen LogP contribution >= 0.6 is 0 Å². The third-order valence-corrected chi connectivity index (χ3v) is 6.11. The third kappa shape index (κ3) is 2.34. The molecule has 0 aliphatic carbocycles. The molecule has 1 N–H and O–H groups in total. The molecule has 5 nitrogen and oxygen atoms in total. The number of fused-ring (bicyclic) bond motifs is 2. The first-order chi connectivity index (χ1) is 11.5. The highest BCUT2D eigenvalue weighted by atomic mass is 16.5. The van der Waals surface area contributed by atoms with Crippen molar-refractivity contribution in [2.75, 3.05) is 13.1 Å². The van der Waals surface area contributed by atoms with Crippen molar-refractivity contribution in [3.8, 4) is 0 Å². The molecule has 4 rings (SSSR count). The number of benzene rings is 1. The van der Waals surface area contributed by atoms with Gasteiger partial charge in [-0.25, -0.2) is 0 Å². The summed E-state index contributed by atoms with van der Waals surface area (Å²) in [4.78, 5) is 26.6. The molecule has 1 amide bonds. The smallest absolute Gasteiger partial charge is 0.308 e. The van der Waals surface area contributed by atoms with Gasteiger partial charge in [0, 0.05) is 19.0 Å². The monoisotopic (exact) mass is 329 g/mol. The van der Waals surface area contributed by atoms with Gasteiger partial charge in [0.1, 0.15) is 0 Å². The van der Waals surface area contributed by atoms with Crippen molar-refractivity contribution in [2.24, 2.45) is 11.3 Å². The predicted molar refractivity (Wildman–Crippen MR) is 87.5 cm³/mol. The zero-order valence-electron chi connectivity index (χ0n) is 13.9. The van der Waals surface area contributed by atoms with Crippen LogP contribution < -0.4 is 0 Å². The van der Waals surface area contributed by atoms with Crippen LogP contribution in [0.25, 0.3) is 0 Å². The molecule has 2 bridgehead atoms. The minimum Gasteiger partial charge on any atom is -0.481 e. The van der Waals surface area contributed by atoms with Crippen molar-refractivity contribution in [1.29, 1.82) is 0 Å². The lowest BCUT2D eigenvalue weighted by Gasteiger charge is -2.34. The molecule has 0 spiro atoms. The third-order valence-electron chi connectivity index (χ3n) is 6.11. The number of carbonyl (C=O) groups is 2. The number of aliphatic carboxylic acids is 1. The lowest BCUT2D eigenvalue weighted by molar-refractivity contribution is -0.144. The molecule has 0 radical (unpaired) electrons. The number of hydrogen-bond acceptors (Lipinski definition) is 3. The van der Waals surface area contributed by atoms with Crippen LogP contribution in [0, 0.1) is 11.3 Å². The van der Waals surface area contributed by atoms with Crippen LogP contribution in [-0.2, 0) is 14.3 Å². The zero-order chi connectivity index (χ0) is 16.9. The van der Waals surface area contributed by atoms with E-state index >= 15 is 0 Å². The van der Waals surface area contributed by atoms with E-state index in [9.17, 15) is 14.7 Å². The largest absolute Gasteiger partial charge is 0.481 e. The summed E-state index contributed by atoms with van der Waals surface area (Å²) in [5.41, 5.74) is 0.506. The number of carbonyl (C=O) groups excluding carboxylic acids is 1. The van der Waals surface area contributed by atoms with Crippen LogP contribution in [0.1, 0.15) is 37.7 Å². The fourth-order valence-electron chi connectivity index (χ4n) is 4.77. The van der Waals surface area contributed by atoms with E-state index in [2.05, 4.69) is 0 Å². The molecule has 3 saturated heterocycles. The summed E-state index contributed by atoms with van der Waals surface area (Å²) in [6.07, 6.45) is 2.94. The van der Waals surface area contributed by atoms with Gasteiger partial charge in [-0.1, -0.05) is 30.3 Å². The minimum absolute atomic E-state index is 0.00551. The Morgan fingerprint density at radius 1 is 1.21 bits per heavy atom. The van der Waals surface area contributed by atoms with Crippen molar-refractivity contribution in [3.05, 3.63) is 35.9 Å². The highest BCUT2D eigenvalue weighted by Crippen LogP contribution is 2.49. The maximum Gasteiger partial charge on any atom is 0.308 e. The molecule has 3 aliphatic heterocycles. The summed E-state index contributed by atoms with van der Waals surface area (Å²) in [5.74, 6) is -1.44. The summed E-state index contributed by atoms with van der Waals surface area (Å²) in [6, 6.07) is 9.67. The maximum absolute atomic E-state index is 13.2. The highest BCUT2D eigenvalue weighted by molar-refractivity contribution is 5.85. The highest BCUT2D eigenvalue weighted by Gasteiger charge is 2.56. The first-order valence-electron chi connectivity index (χ1n) is 8.71. The first-order valence-corrected chi connectivity index (χ1v) is 8.71. The second-order valence-corrected chi connectivity index (χ2v) is 7.62. The molecule has 128 valence electrons. The second-order valence-electron chi connectivity index (χ2n) is 7.62. The van der Waals surface area contributed by atoms with Crippen LogP contribution in [0.15, 0.2) is 30.3 Å². The van der Waals surface area contributed by atoms with E-state index in [1.807, 2.05) is 37.3 Å². The van der Waals surface area contributed by atoms with E-state index in [1.54, 1.807) is 4.90 Å². The van der Waals surface area contributed by atoms with Gasteiger partial charge in [-0.15, -0.1) is 0 Å². The molecule has 1 aromatic carbocycles. The molecule has 3 fully saturated rings. The number of amides is 1. The van der Waals surface area contributed by atoms with E-state index in [0.29, 0.717) is 13.1 Å². The SMILES string of the molecule is C[C@]1(C(=O)N2C[C@H](C(=O)O)[C@H](c3ccccc3)C2)C[C@H]2CC[C@@H]1O2. The predicted octanol–water partition coefficient (Wildman–Crippen LogP) is 2.27. The van der Waals surface area contributed by atoms with Crippen molar-refractivity contribution in [1.82, 2.24) is 4.90 Å². The fraction of sp³-hybridized carbons (Fsp3) is 0.579. The summed E-state index contributed by atoms with van der Waals surface area (Å²) in [5, 5.41) is 9.62. The molecule has 0 saturated carbocycles. The second kappa shape index (κ2) is 5.59. The Morgan fingerprint density at radius 2 is 1.96 bits per heavy atom. The van der Waals surface area contributed by atoms with Gasteiger partial charge < -0.3 is 14.7 Å². The molecule has 1 aromatic rings. The summed E-state index contributed by atoms with van der Waals surface area (Å²) >= 11 is 0. The topological polar surface area (TPSA) is 66.8 Å². The standard InChI is InChI=1S/C19H23NO4/c1-19(9-13-7-8-16(19)24-13)18(23)20-10-14(15(11-20)17(21)22)12-5-3-2-4-6-12/h2-6,13-16H,7-11H2,1H3,(H,21,22)/t13-,14+,15+,16+,19+/m1/s1. The van der Waals surface area contributed by atoms with E-state index < -0.39 is 17.3 Å². The van der Waals surface area contributed by atoms with Crippen molar-refractivity contribution < 1.29 is 19.4 Å². The number of carboxylic acid groups (broad SMARTS) is 1. The lowest BCUT2D eigenvalue weighted by atomic mass is 9.74. The Morgan fingerprint density at radius 3 is 2.54 bits per heavy atom. The van der Waals surface area contributed by atoms with E-state index in [-0.39, 0.29) is 24.0 Å². The van der Waals surface area contributed by atoms with E-state index in [1.165, 1.54) is 0 Å². The average molecular weight is 329 g/mol. The van der Waals surface area contributed by atoms with Crippen molar-refractivity contribution >= 4 is 11.9 Å². The maximum atomic E-state index is 13.2. The Kier molecular flexibility index (Phi) is 3.64. The minimum atomic E-state index is -0.825. The summed E-state index contributed by atoms with van der Waals surface area (Å²) in [6.45, 7) is 2.76. The van der Waals surface area contributed by atoms with Gasteiger partial charge in [0.2, 0.25) is 5.91 Å². The van der Waals surface area contributed by atoms with Crippen molar-refractivity contribution in [2.45, 2.75) is 44.3 Å². The van der Waals surface area contributed by atoms with Crippen LogP contribution in [0.2, 0.25) is 0 Å². The Hall–Kier alpha value is -1.88. The molecule has 3 aliphatic rings. The number of nitrogens with zero attached hydrogens (tertiary/aromatic N) is 1. The van der Waals surface area contributed by atoms with Gasteiger partial charge in [-0.2, -0.15) is 0 Å². The molecule has 5 atom stereocenters. The molecule has 24 heavy (non-hydrogen) atoms. The summed E-state index contributed by atoms with van der Waals surface area (Å²) < 4.78 is 5.89. The molecule has 0 unspecified atom stereocenters. The lowest BCUT2D eigenvalue weighted by Crippen LogP contribution is -2.46. The van der Waals surface area contributed by atoms with Crippen LogP contribution in [0.4, 0.5) is 0 Å². The van der Waals surface area contributed by atoms with Gasteiger partial charge in [0.05, 0.1) is 23.5 Å². The number of hydrogen-bond donors (Lipinski definition) is 1. The van der Waals surface area contributed by atoms with Crippen LogP contribution in [-0.4, -0.2) is 47.2 Å². The van der Waals surface area contributed by atoms with Gasteiger partial charge in [-0.05, 0) is 31.7 Å². The Balaban J connectivity index is 1.57. The molecule has 0 aromatic heterocycles. The van der Waals surface area contributed by atoms with Gasteiger partial charge in [-0.3, -0.25) is 9.59 Å². The van der Waals surface area contributed by atoms with Gasteiger partial charge in [0.25, 0.3) is 0 Å². The van der Waals surface area contributed by atoms with E-state index in [4.69, 9.17) is 4.74 Å². The molecular formula is C19H23NO4. The zero-order valence-corrected chi connectivity index (χ0v) is 13.9. The number of carboxylic acids is 1. The molecule has 5 heteroatoms. The molecule has 3 heterocycles. The van der Waals surface area contributed by atoms with Gasteiger partial charge >= 0.3 is 5.97 Å². The Labute approximate surface area is 141 Å². The van der Waals surface area contributed by atoms with Crippen LogP contribution in [0.5, 0.6) is 0 Å². The number of ether oxygens (including phenoxy) is 1. The normalized spacial score (nSPS) is 37.8. The number of rotatable bonds is 3. The van der Waals surface area contributed by atoms with Crippen molar-refractivity contribution in [3.63, 3.8) is 0 Å². The van der Waals surface area contributed by atoms with E-state index in [0.717, 1.165) is 24.8 Å².